The summed E-state index contributed by atoms with van der Waals surface area (Å²) < 4.78 is 6.16. The molecule has 0 spiro atoms. The van der Waals surface area contributed by atoms with E-state index in [0.717, 1.165) is 44.3 Å². The Morgan fingerprint density at radius 1 is 0.917 bits per heavy atom. The Bertz CT molecular complexity index is 1020. The average Bonchev–Trinajstić information content (AvgIpc) is 2.59. The van der Waals surface area contributed by atoms with E-state index in [-0.39, 0.29) is 0 Å². The number of anilines is 1. The van der Waals surface area contributed by atoms with Crippen molar-refractivity contribution in [2.45, 2.75) is 0 Å². The molecule has 0 fully saturated rings. The lowest BCUT2D eigenvalue weighted by molar-refractivity contribution is 0.472. The lowest BCUT2D eigenvalue weighted by Crippen LogP contribution is -2.25. The molecule has 3 aromatic carbocycles. The van der Waals surface area contributed by atoms with Gasteiger partial charge in [0.25, 0.3) is 0 Å². The fraction of sp³-hybridized carbons (Fsp3) is 0.0476. The topological polar surface area (TPSA) is 38.5 Å². The zero-order valence-corrected chi connectivity index (χ0v) is 13.5. The third kappa shape index (κ3) is 2.36. The van der Waals surface area contributed by atoms with Crippen LogP contribution in [0.2, 0.25) is 0 Å². The molecular weight excluding hydrogens is 296 g/mol. The molecular formula is C21H18N2O. The van der Waals surface area contributed by atoms with Gasteiger partial charge in [0.05, 0.1) is 5.69 Å². The Balaban J connectivity index is 2.06. The van der Waals surface area contributed by atoms with E-state index in [1.165, 1.54) is 0 Å². The third-order valence-electron chi connectivity index (χ3n) is 4.24. The molecule has 0 radical (unpaired) electrons. The Morgan fingerprint density at radius 3 is 2.46 bits per heavy atom. The molecule has 1 aliphatic heterocycles. The predicted molar refractivity (Wildman–Crippen MR) is 98.4 cm³/mol. The standard InChI is InChI=1S/C21H18N2O/c1-14-8-10-17-19(12-14)24-20-13-16(23(2)22)9-11-18(20)21(17)15-6-4-3-5-7-15/h3-13H,1,22H2,2H3. The van der Waals surface area contributed by atoms with Crippen molar-refractivity contribution in [3.8, 4) is 11.5 Å². The molecule has 0 unspecified atom stereocenters. The molecule has 4 rings (SSSR count). The minimum Gasteiger partial charge on any atom is -0.456 e. The molecule has 3 nitrogen and oxygen atoms in total. The van der Waals surface area contributed by atoms with Crippen LogP contribution in [-0.2, 0) is 0 Å². The van der Waals surface area contributed by atoms with Gasteiger partial charge in [-0.05, 0) is 29.0 Å². The fourth-order valence-corrected chi connectivity index (χ4v) is 3.06. The number of benzene rings is 3. The second-order valence-corrected chi connectivity index (χ2v) is 5.96. The second-order valence-electron chi connectivity index (χ2n) is 5.96. The first kappa shape index (κ1) is 14.5. The van der Waals surface area contributed by atoms with Crippen molar-refractivity contribution in [2.24, 2.45) is 5.84 Å². The molecule has 24 heavy (non-hydrogen) atoms. The van der Waals surface area contributed by atoms with Crippen molar-refractivity contribution >= 4 is 17.8 Å². The van der Waals surface area contributed by atoms with E-state index < -0.39 is 0 Å². The highest BCUT2D eigenvalue weighted by Gasteiger charge is 2.20. The Kier molecular flexibility index (Phi) is 3.36. The molecule has 3 aromatic rings. The maximum Gasteiger partial charge on any atom is 0.137 e. The third-order valence-corrected chi connectivity index (χ3v) is 4.24. The molecule has 0 saturated heterocycles. The minimum atomic E-state index is 0.807. The maximum absolute atomic E-state index is 6.16. The van der Waals surface area contributed by atoms with E-state index in [4.69, 9.17) is 10.6 Å². The normalized spacial score (nSPS) is 12.2. The highest BCUT2D eigenvalue weighted by molar-refractivity contribution is 5.86. The van der Waals surface area contributed by atoms with Gasteiger partial charge in [-0.25, -0.2) is 5.84 Å². The molecule has 2 N–H and O–H groups in total. The molecule has 0 bridgehead atoms. The van der Waals surface area contributed by atoms with Crippen molar-refractivity contribution in [3.63, 3.8) is 0 Å². The van der Waals surface area contributed by atoms with E-state index >= 15 is 0 Å². The van der Waals surface area contributed by atoms with Gasteiger partial charge in [-0.15, -0.1) is 0 Å². The van der Waals surface area contributed by atoms with Crippen molar-refractivity contribution in [1.29, 1.82) is 0 Å². The molecule has 1 heterocycles. The van der Waals surface area contributed by atoms with Crippen molar-refractivity contribution in [1.82, 2.24) is 0 Å². The SMILES string of the molecule is C=c1ccc2c(c1)Oc1cc(N(C)N)ccc1C=2c1ccccc1. The Labute approximate surface area is 140 Å². The predicted octanol–water partition coefficient (Wildman–Crippen LogP) is 2.76. The van der Waals surface area contributed by atoms with E-state index in [0.29, 0.717) is 0 Å². The number of hydrogen-bond donors (Lipinski definition) is 1. The van der Waals surface area contributed by atoms with Crippen LogP contribution in [0.25, 0.3) is 12.2 Å². The molecule has 0 amide bonds. The fourth-order valence-electron chi connectivity index (χ4n) is 3.06. The van der Waals surface area contributed by atoms with Crippen molar-refractivity contribution in [3.05, 3.63) is 88.3 Å². The first-order chi connectivity index (χ1) is 11.6. The van der Waals surface area contributed by atoms with Crippen LogP contribution >= 0.6 is 0 Å². The molecule has 0 atom stereocenters. The highest BCUT2D eigenvalue weighted by atomic mass is 16.5. The number of fused-ring (bicyclic) bond motifs is 2. The molecule has 1 aliphatic rings. The van der Waals surface area contributed by atoms with Crippen LogP contribution in [0.3, 0.4) is 0 Å². The van der Waals surface area contributed by atoms with E-state index in [1.807, 2.05) is 37.4 Å². The smallest absolute Gasteiger partial charge is 0.137 e. The Morgan fingerprint density at radius 2 is 1.71 bits per heavy atom. The summed E-state index contributed by atoms with van der Waals surface area (Å²) in [5.41, 5.74) is 4.29. The van der Waals surface area contributed by atoms with E-state index in [1.54, 1.807) is 5.01 Å². The van der Waals surface area contributed by atoms with Crippen LogP contribution in [0.15, 0.2) is 66.7 Å². The summed E-state index contributed by atoms with van der Waals surface area (Å²) in [5.74, 6) is 7.50. The number of hydrazine groups is 1. The first-order valence-electron chi connectivity index (χ1n) is 7.83. The number of hydrogen-bond acceptors (Lipinski definition) is 3. The summed E-state index contributed by atoms with van der Waals surface area (Å²) in [6, 6.07) is 22.5. The van der Waals surface area contributed by atoms with E-state index in [2.05, 4.69) is 43.0 Å². The van der Waals surface area contributed by atoms with Crippen LogP contribution in [0.5, 0.6) is 11.5 Å². The van der Waals surface area contributed by atoms with Crippen LogP contribution in [-0.4, -0.2) is 7.05 Å². The second kappa shape index (κ2) is 5.55. The summed E-state index contributed by atoms with van der Waals surface area (Å²) >= 11 is 0. The molecule has 0 aliphatic carbocycles. The first-order valence-corrected chi connectivity index (χ1v) is 7.83. The number of nitrogens with zero attached hydrogens (tertiary/aromatic N) is 1. The zero-order valence-electron chi connectivity index (χ0n) is 13.5. The summed E-state index contributed by atoms with van der Waals surface area (Å²) in [6.45, 7) is 4.01. The number of ether oxygens (including phenoxy) is 1. The van der Waals surface area contributed by atoms with Crippen LogP contribution in [0, 0.1) is 0 Å². The molecule has 0 saturated carbocycles. The van der Waals surface area contributed by atoms with Gasteiger partial charge in [0.15, 0.2) is 0 Å². The molecule has 0 aromatic heterocycles. The van der Waals surface area contributed by atoms with Gasteiger partial charge in [0, 0.05) is 29.5 Å². The lowest BCUT2D eigenvalue weighted by Gasteiger charge is -2.23. The van der Waals surface area contributed by atoms with Gasteiger partial charge < -0.3 is 9.75 Å². The number of nitrogens with two attached hydrogens (primary N) is 1. The summed E-state index contributed by atoms with van der Waals surface area (Å²) in [5, 5.41) is 3.59. The van der Waals surface area contributed by atoms with Gasteiger partial charge in [-0.3, -0.25) is 0 Å². The van der Waals surface area contributed by atoms with Gasteiger partial charge in [0.1, 0.15) is 11.5 Å². The summed E-state index contributed by atoms with van der Waals surface area (Å²) in [4.78, 5) is 0. The summed E-state index contributed by atoms with van der Waals surface area (Å²) in [7, 11) is 1.81. The zero-order chi connectivity index (χ0) is 16.7. The maximum atomic E-state index is 6.16. The quantitative estimate of drug-likeness (QED) is 0.457. The largest absolute Gasteiger partial charge is 0.456 e. The van der Waals surface area contributed by atoms with Crippen molar-refractivity contribution < 1.29 is 4.74 Å². The average molecular weight is 314 g/mol. The van der Waals surface area contributed by atoms with Crippen LogP contribution < -0.4 is 26.0 Å². The van der Waals surface area contributed by atoms with Gasteiger partial charge in [0.2, 0.25) is 0 Å². The Hall–Kier alpha value is -3.04. The van der Waals surface area contributed by atoms with Crippen LogP contribution in [0.4, 0.5) is 5.69 Å². The molecule has 3 heteroatoms. The van der Waals surface area contributed by atoms with Gasteiger partial charge in [-0.2, -0.15) is 0 Å². The minimum absolute atomic E-state index is 0.807. The molecule has 118 valence electrons. The highest BCUT2D eigenvalue weighted by Crippen LogP contribution is 2.37. The van der Waals surface area contributed by atoms with E-state index in [9.17, 15) is 0 Å². The van der Waals surface area contributed by atoms with Gasteiger partial charge in [-0.1, -0.05) is 49.0 Å². The number of rotatable bonds is 2. The lowest BCUT2D eigenvalue weighted by atomic mass is 9.92. The monoisotopic (exact) mass is 314 g/mol. The van der Waals surface area contributed by atoms with Gasteiger partial charge >= 0.3 is 0 Å². The van der Waals surface area contributed by atoms with Crippen molar-refractivity contribution in [2.75, 3.05) is 12.1 Å². The summed E-state index contributed by atoms with van der Waals surface area (Å²) in [6.07, 6.45) is 0. The van der Waals surface area contributed by atoms with Crippen LogP contribution in [0.1, 0.15) is 11.1 Å².